The predicted molar refractivity (Wildman–Crippen MR) is 94.8 cm³/mol. The lowest BCUT2D eigenvalue weighted by molar-refractivity contribution is 0.392. The topological polar surface area (TPSA) is 46.2 Å². The SMILES string of the molecule is COc1ncccc1CNC(=S)Nc1c(C)cc(C)cc1Cl. The molecular weight excluding hydrogens is 318 g/mol. The fourth-order valence-electron chi connectivity index (χ4n) is 2.15. The van der Waals surface area contributed by atoms with Gasteiger partial charge in [0.2, 0.25) is 5.88 Å². The van der Waals surface area contributed by atoms with Crippen LogP contribution in [0.5, 0.6) is 5.88 Å². The van der Waals surface area contributed by atoms with E-state index in [-0.39, 0.29) is 0 Å². The van der Waals surface area contributed by atoms with Crippen LogP contribution in [-0.4, -0.2) is 17.2 Å². The molecule has 4 nitrogen and oxygen atoms in total. The third kappa shape index (κ3) is 4.08. The standard InChI is InChI=1S/C16H18ClN3OS/c1-10-7-11(2)14(13(17)8-10)20-16(22)19-9-12-5-4-6-18-15(12)21-3/h4-8H,9H2,1-3H3,(H2,19,20,22). The van der Waals surface area contributed by atoms with Crippen LogP contribution < -0.4 is 15.4 Å². The lowest BCUT2D eigenvalue weighted by atomic mass is 10.1. The first kappa shape index (κ1) is 16.5. The summed E-state index contributed by atoms with van der Waals surface area (Å²) in [6.45, 7) is 4.52. The van der Waals surface area contributed by atoms with Gasteiger partial charge in [0.05, 0.1) is 17.8 Å². The molecule has 0 bridgehead atoms. The van der Waals surface area contributed by atoms with E-state index in [0.717, 1.165) is 22.4 Å². The number of aryl methyl sites for hydroxylation is 2. The lowest BCUT2D eigenvalue weighted by Gasteiger charge is -2.15. The molecule has 1 heterocycles. The van der Waals surface area contributed by atoms with Crippen molar-refractivity contribution in [2.75, 3.05) is 12.4 Å². The summed E-state index contributed by atoms with van der Waals surface area (Å²) in [5.74, 6) is 0.586. The number of halogens is 1. The average Bonchev–Trinajstić information content (AvgIpc) is 2.49. The highest BCUT2D eigenvalue weighted by Crippen LogP contribution is 2.27. The number of anilines is 1. The molecule has 2 N–H and O–H groups in total. The molecular formula is C16H18ClN3OS. The molecule has 0 atom stereocenters. The van der Waals surface area contributed by atoms with Crippen LogP contribution in [0.4, 0.5) is 5.69 Å². The smallest absolute Gasteiger partial charge is 0.218 e. The minimum atomic E-state index is 0.500. The van der Waals surface area contributed by atoms with Crippen molar-refractivity contribution in [3.63, 3.8) is 0 Å². The molecule has 1 aromatic heterocycles. The molecule has 0 fully saturated rings. The number of thiocarbonyl (C=S) groups is 1. The van der Waals surface area contributed by atoms with Gasteiger partial charge >= 0.3 is 0 Å². The van der Waals surface area contributed by atoms with Crippen LogP contribution in [0.3, 0.4) is 0 Å². The van der Waals surface area contributed by atoms with E-state index in [9.17, 15) is 0 Å². The number of nitrogens with one attached hydrogen (secondary N) is 2. The van der Waals surface area contributed by atoms with Gasteiger partial charge < -0.3 is 15.4 Å². The average molecular weight is 336 g/mol. The third-order valence-corrected chi connectivity index (χ3v) is 3.70. The van der Waals surface area contributed by atoms with Gasteiger partial charge in [-0.25, -0.2) is 4.98 Å². The van der Waals surface area contributed by atoms with Crippen LogP contribution in [0.2, 0.25) is 5.02 Å². The molecule has 0 aliphatic carbocycles. The fourth-order valence-corrected chi connectivity index (χ4v) is 2.69. The summed E-state index contributed by atoms with van der Waals surface area (Å²) in [4.78, 5) is 4.15. The summed E-state index contributed by atoms with van der Waals surface area (Å²) in [5, 5.41) is 7.43. The molecule has 1 aromatic carbocycles. The van der Waals surface area contributed by atoms with Crippen molar-refractivity contribution < 1.29 is 4.74 Å². The van der Waals surface area contributed by atoms with E-state index in [1.54, 1.807) is 13.3 Å². The van der Waals surface area contributed by atoms with Crippen LogP contribution in [0.25, 0.3) is 0 Å². The maximum Gasteiger partial charge on any atom is 0.218 e. The number of nitrogens with zero attached hydrogens (tertiary/aromatic N) is 1. The Morgan fingerprint density at radius 2 is 2.14 bits per heavy atom. The van der Waals surface area contributed by atoms with Gasteiger partial charge in [-0.1, -0.05) is 23.7 Å². The normalized spacial score (nSPS) is 10.2. The number of methoxy groups -OCH3 is 1. The van der Waals surface area contributed by atoms with Gasteiger partial charge in [-0.05, 0) is 49.3 Å². The number of benzene rings is 1. The van der Waals surface area contributed by atoms with Crippen molar-refractivity contribution in [1.82, 2.24) is 10.3 Å². The highest BCUT2D eigenvalue weighted by molar-refractivity contribution is 7.80. The first-order chi connectivity index (χ1) is 10.5. The summed E-state index contributed by atoms with van der Waals surface area (Å²) >= 11 is 11.6. The van der Waals surface area contributed by atoms with Gasteiger partial charge in [-0.3, -0.25) is 0 Å². The van der Waals surface area contributed by atoms with Crippen molar-refractivity contribution >= 4 is 34.6 Å². The highest BCUT2D eigenvalue weighted by atomic mass is 35.5. The molecule has 0 saturated carbocycles. The van der Waals surface area contributed by atoms with E-state index in [1.165, 1.54) is 0 Å². The zero-order valence-electron chi connectivity index (χ0n) is 12.7. The van der Waals surface area contributed by atoms with Crippen LogP contribution in [0.15, 0.2) is 30.5 Å². The van der Waals surface area contributed by atoms with Crippen molar-refractivity contribution in [3.8, 4) is 5.88 Å². The van der Waals surface area contributed by atoms with Gasteiger partial charge in [-0.2, -0.15) is 0 Å². The molecule has 6 heteroatoms. The Kier molecular flexibility index (Phi) is 5.57. The van der Waals surface area contributed by atoms with Crippen molar-refractivity contribution in [3.05, 3.63) is 52.2 Å². The van der Waals surface area contributed by atoms with E-state index in [1.807, 2.05) is 32.0 Å². The molecule has 0 radical (unpaired) electrons. The number of aromatic nitrogens is 1. The number of rotatable bonds is 4. The fraction of sp³-hybridized carbons (Fsp3) is 0.250. The Morgan fingerprint density at radius 3 is 2.82 bits per heavy atom. The molecule has 116 valence electrons. The third-order valence-electron chi connectivity index (χ3n) is 3.15. The Bertz CT molecular complexity index is 668. The molecule has 22 heavy (non-hydrogen) atoms. The summed E-state index contributed by atoms with van der Waals surface area (Å²) in [5.41, 5.74) is 3.92. The molecule has 0 unspecified atom stereocenters. The zero-order chi connectivity index (χ0) is 16.1. The van der Waals surface area contributed by atoms with Gasteiger partial charge in [0, 0.05) is 18.3 Å². The minimum Gasteiger partial charge on any atom is -0.481 e. The Hall–Kier alpha value is -1.85. The Labute approximate surface area is 140 Å². The van der Waals surface area contributed by atoms with Crippen LogP contribution in [-0.2, 0) is 6.54 Å². The molecule has 0 aliphatic heterocycles. The summed E-state index contributed by atoms with van der Waals surface area (Å²) < 4.78 is 5.21. The van der Waals surface area contributed by atoms with Gasteiger partial charge in [0.1, 0.15) is 0 Å². The predicted octanol–water partition coefficient (Wildman–Crippen LogP) is 3.85. The number of hydrogen-bond acceptors (Lipinski definition) is 3. The van der Waals surface area contributed by atoms with E-state index >= 15 is 0 Å². The van der Waals surface area contributed by atoms with Crippen molar-refractivity contribution in [2.24, 2.45) is 0 Å². The first-order valence-electron chi connectivity index (χ1n) is 6.80. The molecule has 0 saturated heterocycles. The zero-order valence-corrected chi connectivity index (χ0v) is 14.3. The van der Waals surface area contributed by atoms with Crippen LogP contribution in [0, 0.1) is 13.8 Å². The molecule has 0 aliphatic rings. The summed E-state index contributed by atoms with van der Waals surface area (Å²) in [7, 11) is 1.60. The van der Waals surface area contributed by atoms with Crippen LogP contribution in [0.1, 0.15) is 16.7 Å². The number of hydrogen-bond donors (Lipinski definition) is 2. The van der Waals surface area contributed by atoms with Gasteiger partial charge in [0.25, 0.3) is 0 Å². The Balaban J connectivity index is 2.02. The summed E-state index contributed by atoms with van der Waals surface area (Å²) in [6, 6.07) is 7.76. The number of ether oxygens (including phenoxy) is 1. The molecule has 2 rings (SSSR count). The number of pyridine rings is 1. The quantitative estimate of drug-likeness (QED) is 0.831. The maximum atomic E-state index is 6.26. The second-order valence-electron chi connectivity index (χ2n) is 4.92. The largest absolute Gasteiger partial charge is 0.481 e. The molecule has 0 amide bonds. The molecule has 0 spiro atoms. The van der Waals surface area contributed by atoms with E-state index in [0.29, 0.717) is 22.6 Å². The maximum absolute atomic E-state index is 6.26. The second-order valence-corrected chi connectivity index (χ2v) is 5.73. The first-order valence-corrected chi connectivity index (χ1v) is 7.59. The lowest BCUT2D eigenvalue weighted by Crippen LogP contribution is -2.28. The van der Waals surface area contributed by atoms with Gasteiger partial charge in [0.15, 0.2) is 5.11 Å². The Morgan fingerprint density at radius 1 is 1.36 bits per heavy atom. The minimum absolute atomic E-state index is 0.500. The molecule has 2 aromatic rings. The monoisotopic (exact) mass is 335 g/mol. The van der Waals surface area contributed by atoms with Crippen molar-refractivity contribution in [1.29, 1.82) is 0 Å². The highest BCUT2D eigenvalue weighted by Gasteiger charge is 2.08. The van der Waals surface area contributed by atoms with Gasteiger partial charge in [-0.15, -0.1) is 0 Å². The van der Waals surface area contributed by atoms with Crippen LogP contribution >= 0.6 is 23.8 Å². The second kappa shape index (κ2) is 7.42. The van der Waals surface area contributed by atoms with Crippen molar-refractivity contribution in [2.45, 2.75) is 20.4 Å². The summed E-state index contributed by atoms with van der Waals surface area (Å²) in [6.07, 6.45) is 1.69. The van der Waals surface area contributed by atoms with E-state index in [2.05, 4.69) is 21.7 Å². The van der Waals surface area contributed by atoms with E-state index < -0.39 is 0 Å². The van der Waals surface area contributed by atoms with E-state index in [4.69, 9.17) is 28.6 Å².